The molecular weight excluding hydrogens is 352 g/mol. The summed E-state index contributed by atoms with van der Waals surface area (Å²) in [7, 11) is 2.13. The number of aromatic nitrogens is 3. The van der Waals surface area contributed by atoms with Gasteiger partial charge in [-0.2, -0.15) is 4.98 Å². The third kappa shape index (κ3) is 3.11. The summed E-state index contributed by atoms with van der Waals surface area (Å²) in [4.78, 5) is 22.0. The van der Waals surface area contributed by atoms with Crippen LogP contribution in [0.15, 0.2) is 42.6 Å². The van der Waals surface area contributed by atoms with Crippen LogP contribution >= 0.6 is 0 Å². The van der Waals surface area contributed by atoms with Gasteiger partial charge in [0.05, 0.1) is 6.04 Å². The summed E-state index contributed by atoms with van der Waals surface area (Å²) in [5.41, 5.74) is 3.89. The number of aryl methyl sites for hydroxylation is 1. The first-order valence-electron chi connectivity index (χ1n) is 9.86. The van der Waals surface area contributed by atoms with E-state index in [0.29, 0.717) is 11.2 Å². The minimum atomic E-state index is -0.0617. The van der Waals surface area contributed by atoms with Crippen molar-refractivity contribution in [3.63, 3.8) is 0 Å². The van der Waals surface area contributed by atoms with E-state index < -0.39 is 0 Å². The number of nitrogens with one attached hydrogen (secondary N) is 1. The first-order valence-corrected chi connectivity index (χ1v) is 9.86. The maximum atomic E-state index is 12.8. The Kier molecular flexibility index (Phi) is 4.24. The Labute approximate surface area is 164 Å². The van der Waals surface area contributed by atoms with E-state index in [9.17, 15) is 4.79 Å². The second-order valence-corrected chi connectivity index (χ2v) is 7.68. The molecule has 1 amide bonds. The van der Waals surface area contributed by atoms with Gasteiger partial charge in [0.2, 0.25) is 5.95 Å². The lowest BCUT2D eigenvalue weighted by Gasteiger charge is -2.31. The number of anilines is 1. The Morgan fingerprint density at radius 1 is 1.14 bits per heavy atom. The Bertz CT molecular complexity index is 1020. The normalized spacial score (nSPS) is 19.8. The van der Waals surface area contributed by atoms with Crippen molar-refractivity contribution < 1.29 is 4.79 Å². The molecule has 0 saturated carbocycles. The molecule has 0 radical (unpaired) electrons. The molecule has 1 fully saturated rings. The van der Waals surface area contributed by atoms with Crippen LogP contribution in [0.2, 0.25) is 0 Å². The largest absolute Gasteiger partial charge is 0.345 e. The Morgan fingerprint density at radius 3 is 2.82 bits per heavy atom. The van der Waals surface area contributed by atoms with E-state index in [1.54, 1.807) is 4.52 Å². The predicted molar refractivity (Wildman–Crippen MR) is 108 cm³/mol. The quantitative estimate of drug-likeness (QED) is 0.756. The molecule has 2 aromatic heterocycles. The second-order valence-electron chi connectivity index (χ2n) is 7.68. The van der Waals surface area contributed by atoms with Crippen LogP contribution in [-0.2, 0) is 6.42 Å². The number of fused-ring (bicyclic) bond motifs is 2. The van der Waals surface area contributed by atoms with Crippen molar-refractivity contribution >= 4 is 17.5 Å². The number of nitrogens with zero attached hydrogens (tertiary/aromatic N) is 5. The number of hydrogen-bond acceptors (Lipinski definition) is 5. The monoisotopic (exact) mass is 376 g/mol. The van der Waals surface area contributed by atoms with Crippen molar-refractivity contribution in [2.24, 2.45) is 0 Å². The average molecular weight is 376 g/mol. The molecule has 0 spiro atoms. The summed E-state index contributed by atoms with van der Waals surface area (Å²) in [6, 6.07) is 12.1. The van der Waals surface area contributed by atoms with Crippen molar-refractivity contribution in [3.8, 4) is 0 Å². The molecule has 1 aliphatic carbocycles. The lowest BCUT2D eigenvalue weighted by Crippen LogP contribution is -2.44. The van der Waals surface area contributed by atoms with Gasteiger partial charge in [-0.25, -0.2) is 4.52 Å². The van der Waals surface area contributed by atoms with Gasteiger partial charge in [0.1, 0.15) is 0 Å². The van der Waals surface area contributed by atoms with Crippen LogP contribution in [0, 0.1) is 0 Å². The van der Waals surface area contributed by atoms with E-state index in [4.69, 9.17) is 0 Å². The highest BCUT2D eigenvalue weighted by atomic mass is 16.1. The van der Waals surface area contributed by atoms with E-state index in [-0.39, 0.29) is 11.9 Å². The molecule has 1 N–H and O–H groups in total. The molecule has 1 saturated heterocycles. The number of carbonyl (C=O) groups excluding carboxylic acids is 1. The number of benzene rings is 1. The molecule has 0 unspecified atom stereocenters. The van der Waals surface area contributed by atoms with Gasteiger partial charge in [-0.05, 0) is 43.1 Å². The van der Waals surface area contributed by atoms with Gasteiger partial charge < -0.3 is 15.1 Å². The number of rotatable bonds is 3. The Balaban J connectivity index is 1.34. The van der Waals surface area contributed by atoms with Gasteiger partial charge in [0, 0.05) is 37.9 Å². The Hall–Kier alpha value is -2.93. The third-order valence-corrected chi connectivity index (χ3v) is 5.81. The van der Waals surface area contributed by atoms with E-state index in [1.165, 1.54) is 11.1 Å². The van der Waals surface area contributed by atoms with Gasteiger partial charge in [-0.15, -0.1) is 5.10 Å². The first kappa shape index (κ1) is 17.2. The highest BCUT2D eigenvalue weighted by molar-refractivity contribution is 5.95. The topological polar surface area (TPSA) is 65.8 Å². The van der Waals surface area contributed by atoms with Gasteiger partial charge in [-0.3, -0.25) is 4.79 Å². The number of piperazine rings is 1. The van der Waals surface area contributed by atoms with Gasteiger partial charge >= 0.3 is 0 Å². The molecule has 28 heavy (non-hydrogen) atoms. The molecular formula is C21H24N6O. The van der Waals surface area contributed by atoms with Crippen LogP contribution in [0.3, 0.4) is 0 Å². The molecule has 5 rings (SSSR count). The SMILES string of the molecule is CN1CCN(c2nc3cc(C(=O)N[C@H]4CCc5ccccc54)ccn3n2)CC1. The zero-order valence-corrected chi connectivity index (χ0v) is 16.0. The van der Waals surface area contributed by atoms with E-state index in [2.05, 4.69) is 50.4 Å². The van der Waals surface area contributed by atoms with Crippen LogP contribution in [0.4, 0.5) is 5.95 Å². The zero-order valence-electron chi connectivity index (χ0n) is 16.0. The summed E-state index contributed by atoms with van der Waals surface area (Å²) in [5.74, 6) is 0.670. The fraction of sp³-hybridized carbons (Fsp3) is 0.381. The fourth-order valence-electron chi connectivity index (χ4n) is 4.10. The number of hydrogen-bond donors (Lipinski definition) is 1. The first-order chi connectivity index (χ1) is 13.7. The highest BCUT2D eigenvalue weighted by Gasteiger charge is 2.24. The number of likely N-dealkylation sites (N-methyl/N-ethyl adjacent to an activating group) is 1. The molecule has 2 aliphatic rings. The standard InChI is InChI=1S/C21H24N6O/c1-25-10-12-26(13-11-25)21-23-19-14-16(8-9-27(19)24-21)20(28)22-18-7-6-15-4-2-3-5-17(15)18/h2-5,8-9,14,18H,6-7,10-13H2,1H3,(H,22,28)/t18-/m0/s1. The van der Waals surface area contributed by atoms with E-state index in [1.807, 2.05) is 24.4 Å². The molecule has 7 nitrogen and oxygen atoms in total. The van der Waals surface area contributed by atoms with Gasteiger partial charge in [0.15, 0.2) is 5.65 Å². The molecule has 144 valence electrons. The number of carbonyl (C=O) groups is 1. The summed E-state index contributed by atoms with van der Waals surface area (Å²) in [6.45, 7) is 3.85. The second kappa shape index (κ2) is 6.91. The van der Waals surface area contributed by atoms with Gasteiger partial charge in [-0.1, -0.05) is 24.3 Å². The van der Waals surface area contributed by atoms with Crippen molar-refractivity contribution in [1.29, 1.82) is 0 Å². The summed E-state index contributed by atoms with van der Waals surface area (Å²) in [5, 5.41) is 7.75. The maximum absolute atomic E-state index is 12.8. The zero-order chi connectivity index (χ0) is 19.1. The van der Waals surface area contributed by atoms with Crippen molar-refractivity contribution in [2.45, 2.75) is 18.9 Å². The summed E-state index contributed by atoms with van der Waals surface area (Å²) >= 11 is 0. The number of pyridine rings is 1. The highest BCUT2D eigenvalue weighted by Crippen LogP contribution is 2.30. The fourth-order valence-corrected chi connectivity index (χ4v) is 4.10. The van der Waals surface area contributed by atoms with Crippen LogP contribution in [0.1, 0.15) is 33.9 Å². The van der Waals surface area contributed by atoms with Crippen LogP contribution in [0.25, 0.3) is 5.65 Å². The minimum absolute atomic E-state index is 0.0617. The van der Waals surface area contributed by atoms with Crippen LogP contribution in [0.5, 0.6) is 0 Å². The molecule has 7 heteroatoms. The van der Waals surface area contributed by atoms with E-state index >= 15 is 0 Å². The summed E-state index contributed by atoms with van der Waals surface area (Å²) in [6.07, 6.45) is 3.78. The van der Waals surface area contributed by atoms with Crippen molar-refractivity contribution in [2.75, 3.05) is 38.1 Å². The van der Waals surface area contributed by atoms with Crippen LogP contribution in [-0.4, -0.2) is 58.6 Å². The Morgan fingerprint density at radius 2 is 1.96 bits per heavy atom. The molecule has 1 aromatic carbocycles. The number of amides is 1. The lowest BCUT2D eigenvalue weighted by atomic mass is 10.1. The van der Waals surface area contributed by atoms with Crippen molar-refractivity contribution in [1.82, 2.24) is 24.8 Å². The van der Waals surface area contributed by atoms with Crippen molar-refractivity contribution in [3.05, 3.63) is 59.3 Å². The average Bonchev–Trinajstić information content (AvgIpc) is 3.32. The van der Waals surface area contributed by atoms with E-state index in [0.717, 1.165) is 45.0 Å². The maximum Gasteiger partial charge on any atom is 0.251 e. The molecule has 0 bridgehead atoms. The summed E-state index contributed by atoms with van der Waals surface area (Å²) < 4.78 is 1.75. The molecule has 1 aliphatic heterocycles. The predicted octanol–water partition coefficient (Wildman–Crippen LogP) is 1.90. The molecule has 3 aromatic rings. The van der Waals surface area contributed by atoms with Crippen LogP contribution < -0.4 is 10.2 Å². The smallest absolute Gasteiger partial charge is 0.251 e. The lowest BCUT2D eigenvalue weighted by molar-refractivity contribution is 0.0936. The molecule has 3 heterocycles. The van der Waals surface area contributed by atoms with Gasteiger partial charge in [0.25, 0.3) is 5.91 Å². The minimum Gasteiger partial charge on any atom is -0.345 e. The molecule has 1 atom stereocenters. The third-order valence-electron chi connectivity index (χ3n) is 5.81.